The Bertz CT molecular complexity index is 748. The van der Waals surface area contributed by atoms with Gasteiger partial charge in [-0.2, -0.15) is 0 Å². The number of carbonyl (C=O) groups is 1. The van der Waals surface area contributed by atoms with Crippen molar-refractivity contribution in [2.45, 2.75) is 6.61 Å². The zero-order valence-electron chi connectivity index (χ0n) is 10.8. The molecule has 0 aliphatic rings. The standard InChI is InChI=1S/C16H14N2O2/c17-18-14(10-19)8-13-9-15(6-7-16(13)18)20-11-12-4-2-1-3-5-12/h1-10H,11,17H2. The molecule has 0 atom stereocenters. The number of aromatic nitrogens is 1. The van der Waals surface area contributed by atoms with Gasteiger partial charge in [0.1, 0.15) is 18.1 Å². The molecule has 2 aromatic carbocycles. The predicted molar refractivity (Wildman–Crippen MR) is 78.2 cm³/mol. The van der Waals surface area contributed by atoms with Gasteiger partial charge in [-0.15, -0.1) is 0 Å². The third-order valence-corrected chi connectivity index (χ3v) is 3.21. The van der Waals surface area contributed by atoms with Crippen LogP contribution in [0.2, 0.25) is 0 Å². The van der Waals surface area contributed by atoms with Crippen molar-refractivity contribution >= 4 is 17.2 Å². The second-order valence-corrected chi connectivity index (χ2v) is 4.55. The van der Waals surface area contributed by atoms with E-state index in [-0.39, 0.29) is 0 Å². The highest BCUT2D eigenvalue weighted by Crippen LogP contribution is 2.23. The molecule has 1 aromatic heterocycles. The molecule has 20 heavy (non-hydrogen) atoms. The number of nitrogen functional groups attached to an aromatic ring is 1. The van der Waals surface area contributed by atoms with Gasteiger partial charge in [-0.05, 0) is 29.8 Å². The summed E-state index contributed by atoms with van der Waals surface area (Å²) in [5.74, 6) is 6.56. The van der Waals surface area contributed by atoms with Crippen molar-refractivity contribution in [2.24, 2.45) is 0 Å². The molecule has 4 nitrogen and oxygen atoms in total. The van der Waals surface area contributed by atoms with Crippen LogP contribution in [0.3, 0.4) is 0 Å². The van der Waals surface area contributed by atoms with Gasteiger partial charge in [-0.1, -0.05) is 30.3 Å². The molecule has 0 aliphatic heterocycles. The number of nitrogens with zero attached hydrogens (tertiary/aromatic N) is 1. The highest BCUT2D eigenvalue weighted by Gasteiger charge is 2.06. The lowest BCUT2D eigenvalue weighted by Gasteiger charge is -2.06. The fourth-order valence-corrected chi connectivity index (χ4v) is 2.16. The number of carbonyl (C=O) groups excluding carboxylic acids is 1. The SMILES string of the molecule is Nn1c(C=O)cc2cc(OCc3ccccc3)ccc21. The Balaban J connectivity index is 1.84. The molecule has 100 valence electrons. The molecule has 0 aliphatic carbocycles. The Morgan fingerprint density at radius 3 is 2.65 bits per heavy atom. The molecule has 0 radical (unpaired) electrons. The van der Waals surface area contributed by atoms with Crippen LogP contribution >= 0.6 is 0 Å². The summed E-state index contributed by atoms with van der Waals surface area (Å²) < 4.78 is 7.12. The molecular formula is C16H14N2O2. The first-order valence-corrected chi connectivity index (χ1v) is 6.30. The van der Waals surface area contributed by atoms with E-state index < -0.39 is 0 Å². The third-order valence-electron chi connectivity index (χ3n) is 3.21. The van der Waals surface area contributed by atoms with Gasteiger partial charge in [0.25, 0.3) is 0 Å². The summed E-state index contributed by atoms with van der Waals surface area (Å²) in [5, 5.41) is 0.889. The maximum absolute atomic E-state index is 10.9. The van der Waals surface area contributed by atoms with Gasteiger partial charge in [0.2, 0.25) is 0 Å². The number of hydrogen-bond acceptors (Lipinski definition) is 3. The summed E-state index contributed by atoms with van der Waals surface area (Å²) in [6.45, 7) is 0.510. The van der Waals surface area contributed by atoms with E-state index in [0.717, 1.165) is 28.5 Å². The second kappa shape index (κ2) is 5.09. The maximum Gasteiger partial charge on any atom is 0.168 e. The normalized spacial score (nSPS) is 10.6. The lowest BCUT2D eigenvalue weighted by molar-refractivity contribution is 0.111. The zero-order valence-corrected chi connectivity index (χ0v) is 10.8. The summed E-state index contributed by atoms with van der Waals surface area (Å²) >= 11 is 0. The molecule has 4 heteroatoms. The molecule has 0 saturated heterocycles. The molecule has 0 amide bonds. The van der Waals surface area contributed by atoms with Gasteiger partial charge >= 0.3 is 0 Å². The summed E-state index contributed by atoms with van der Waals surface area (Å²) in [6.07, 6.45) is 0.741. The number of hydrogen-bond donors (Lipinski definition) is 1. The Hall–Kier alpha value is -2.75. The van der Waals surface area contributed by atoms with E-state index in [1.54, 1.807) is 6.07 Å². The fraction of sp³-hybridized carbons (Fsp3) is 0.0625. The van der Waals surface area contributed by atoms with Crippen LogP contribution in [-0.2, 0) is 6.61 Å². The maximum atomic E-state index is 10.9. The quantitative estimate of drug-likeness (QED) is 0.583. The van der Waals surface area contributed by atoms with Crippen molar-refractivity contribution < 1.29 is 9.53 Å². The number of fused-ring (bicyclic) bond motifs is 1. The van der Waals surface area contributed by atoms with Crippen molar-refractivity contribution in [3.8, 4) is 5.75 Å². The first-order chi connectivity index (χ1) is 9.78. The van der Waals surface area contributed by atoms with Crippen LogP contribution in [0.4, 0.5) is 0 Å². The van der Waals surface area contributed by atoms with E-state index in [2.05, 4.69) is 0 Å². The number of nitrogens with two attached hydrogens (primary N) is 1. The average molecular weight is 266 g/mol. The lowest BCUT2D eigenvalue weighted by atomic mass is 10.2. The Kier molecular flexibility index (Phi) is 3.13. The van der Waals surface area contributed by atoms with E-state index in [1.807, 2.05) is 48.5 Å². The summed E-state index contributed by atoms with van der Waals surface area (Å²) in [7, 11) is 0. The molecule has 3 rings (SSSR count). The number of benzene rings is 2. The van der Waals surface area contributed by atoms with E-state index in [0.29, 0.717) is 12.3 Å². The van der Waals surface area contributed by atoms with Crippen LogP contribution in [0.5, 0.6) is 5.75 Å². The molecule has 3 aromatic rings. The molecule has 0 bridgehead atoms. The van der Waals surface area contributed by atoms with Gasteiger partial charge < -0.3 is 10.6 Å². The van der Waals surface area contributed by atoms with Crippen molar-refractivity contribution in [1.29, 1.82) is 0 Å². The topological polar surface area (TPSA) is 57.2 Å². The molecule has 0 spiro atoms. The zero-order chi connectivity index (χ0) is 13.9. The van der Waals surface area contributed by atoms with Gasteiger partial charge in [-0.25, -0.2) is 0 Å². The fourth-order valence-electron chi connectivity index (χ4n) is 2.16. The van der Waals surface area contributed by atoms with Gasteiger partial charge in [-0.3, -0.25) is 9.47 Å². The number of aldehydes is 1. The molecule has 1 heterocycles. The van der Waals surface area contributed by atoms with Crippen molar-refractivity contribution in [3.63, 3.8) is 0 Å². The van der Waals surface area contributed by atoms with E-state index in [1.165, 1.54) is 4.68 Å². The van der Waals surface area contributed by atoms with Crippen LogP contribution in [-0.4, -0.2) is 11.0 Å². The lowest BCUT2D eigenvalue weighted by Crippen LogP contribution is -2.10. The van der Waals surface area contributed by atoms with E-state index in [4.69, 9.17) is 10.6 Å². The Labute approximate surface area is 116 Å². The van der Waals surface area contributed by atoms with Crippen molar-refractivity contribution in [2.75, 3.05) is 5.84 Å². The van der Waals surface area contributed by atoms with E-state index in [9.17, 15) is 4.79 Å². The predicted octanol–water partition coefficient (Wildman–Crippen LogP) is 2.75. The van der Waals surface area contributed by atoms with Crippen molar-refractivity contribution in [1.82, 2.24) is 4.68 Å². The highest BCUT2D eigenvalue weighted by atomic mass is 16.5. The molecular weight excluding hydrogens is 252 g/mol. The van der Waals surface area contributed by atoms with Crippen LogP contribution in [0.1, 0.15) is 16.1 Å². The Morgan fingerprint density at radius 2 is 1.90 bits per heavy atom. The van der Waals surface area contributed by atoms with Gasteiger partial charge in [0, 0.05) is 5.39 Å². The number of rotatable bonds is 4. The minimum atomic E-state index is 0.445. The third kappa shape index (κ3) is 2.23. The number of ether oxygens (including phenoxy) is 1. The second-order valence-electron chi connectivity index (χ2n) is 4.55. The van der Waals surface area contributed by atoms with Gasteiger partial charge in [0.15, 0.2) is 6.29 Å². The summed E-state index contributed by atoms with van der Waals surface area (Å²) in [5.41, 5.74) is 2.36. The average Bonchev–Trinajstić information content (AvgIpc) is 2.82. The first-order valence-electron chi connectivity index (χ1n) is 6.30. The van der Waals surface area contributed by atoms with Crippen LogP contribution in [0.15, 0.2) is 54.6 Å². The minimum Gasteiger partial charge on any atom is -0.489 e. The molecule has 0 unspecified atom stereocenters. The summed E-state index contributed by atoms with van der Waals surface area (Å²) in [6, 6.07) is 17.3. The monoisotopic (exact) mass is 266 g/mol. The highest BCUT2D eigenvalue weighted by molar-refractivity contribution is 5.89. The minimum absolute atomic E-state index is 0.445. The Morgan fingerprint density at radius 1 is 1.10 bits per heavy atom. The van der Waals surface area contributed by atoms with Gasteiger partial charge in [0.05, 0.1) is 5.52 Å². The molecule has 0 fully saturated rings. The van der Waals surface area contributed by atoms with Crippen molar-refractivity contribution in [3.05, 3.63) is 65.9 Å². The van der Waals surface area contributed by atoms with Crippen LogP contribution in [0.25, 0.3) is 10.9 Å². The molecule has 0 saturated carbocycles. The molecule has 2 N–H and O–H groups in total. The largest absolute Gasteiger partial charge is 0.489 e. The van der Waals surface area contributed by atoms with Crippen LogP contribution in [0, 0.1) is 0 Å². The summed E-state index contributed by atoms with van der Waals surface area (Å²) in [4.78, 5) is 10.9. The first kappa shape index (κ1) is 12.3. The smallest absolute Gasteiger partial charge is 0.168 e. The van der Waals surface area contributed by atoms with E-state index >= 15 is 0 Å². The van der Waals surface area contributed by atoms with Crippen LogP contribution < -0.4 is 10.6 Å².